The summed E-state index contributed by atoms with van der Waals surface area (Å²) in [5.74, 6) is -1.12. The van der Waals surface area contributed by atoms with E-state index >= 15 is 0 Å². The van der Waals surface area contributed by atoms with Gasteiger partial charge in [-0.05, 0) is 43.9 Å². The summed E-state index contributed by atoms with van der Waals surface area (Å²) in [5.41, 5.74) is 0.404. The average molecular weight is 298 g/mol. The van der Waals surface area contributed by atoms with E-state index in [1.165, 1.54) is 0 Å². The summed E-state index contributed by atoms with van der Waals surface area (Å²) in [6.45, 7) is 6.80. The van der Waals surface area contributed by atoms with Gasteiger partial charge in [-0.25, -0.2) is 4.79 Å². The zero-order valence-corrected chi connectivity index (χ0v) is 13.8. The van der Waals surface area contributed by atoms with Gasteiger partial charge in [-0.15, -0.1) is 0 Å². The quantitative estimate of drug-likeness (QED) is 0.740. The van der Waals surface area contributed by atoms with Crippen LogP contribution in [0.15, 0.2) is 0 Å². The molecule has 0 aromatic rings. The highest BCUT2D eigenvalue weighted by Crippen LogP contribution is 2.36. The number of carboxylic acid groups (broad SMARTS) is 1. The van der Waals surface area contributed by atoms with Gasteiger partial charge < -0.3 is 15.3 Å². The van der Waals surface area contributed by atoms with E-state index in [1.54, 1.807) is 6.92 Å². The second-order valence-corrected chi connectivity index (χ2v) is 7.12. The fraction of sp³-hybridized carbons (Fsp3) is 0.875. The lowest BCUT2D eigenvalue weighted by Gasteiger charge is -2.38. The molecule has 122 valence electrons. The molecule has 1 unspecified atom stereocenters. The molecule has 0 spiro atoms. The Morgan fingerprint density at radius 1 is 1.33 bits per heavy atom. The van der Waals surface area contributed by atoms with E-state index in [0.29, 0.717) is 30.8 Å². The molecule has 0 aromatic carbocycles. The summed E-state index contributed by atoms with van der Waals surface area (Å²) in [4.78, 5) is 24.6. The van der Waals surface area contributed by atoms with Crippen LogP contribution >= 0.6 is 0 Å². The minimum atomic E-state index is -0.775. The van der Waals surface area contributed by atoms with Crippen LogP contribution in [0.5, 0.6) is 0 Å². The molecule has 0 bridgehead atoms. The highest BCUT2D eigenvalue weighted by atomic mass is 16.4. The Hall–Kier alpha value is -1.26. The molecule has 1 fully saturated rings. The van der Waals surface area contributed by atoms with Crippen LogP contribution in [0.25, 0.3) is 0 Å². The Morgan fingerprint density at radius 2 is 1.90 bits per heavy atom. The third-order valence-corrected chi connectivity index (χ3v) is 4.69. The maximum absolute atomic E-state index is 12.1. The van der Waals surface area contributed by atoms with E-state index in [9.17, 15) is 9.59 Å². The first-order valence-corrected chi connectivity index (χ1v) is 7.96. The summed E-state index contributed by atoms with van der Waals surface area (Å²) in [7, 11) is 1.86. The molecule has 21 heavy (non-hydrogen) atoms. The number of carbonyl (C=O) groups is 2. The van der Waals surface area contributed by atoms with E-state index in [2.05, 4.69) is 19.2 Å². The second kappa shape index (κ2) is 7.66. The summed E-state index contributed by atoms with van der Waals surface area (Å²) >= 11 is 0. The summed E-state index contributed by atoms with van der Waals surface area (Å²) in [5, 5.41) is 11.7. The number of urea groups is 1. The number of carbonyl (C=O) groups excluding carboxylic acids is 1. The average Bonchev–Trinajstić information content (AvgIpc) is 2.42. The third kappa shape index (κ3) is 5.94. The van der Waals surface area contributed by atoms with Crippen molar-refractivity contribution in [3.8, 4) is 0 Å². The van der Waals surface area contributed by atoms with Crippen molar-refractivity contribution in [3.05, 3.63) is 0 Å². The van der Waals surface area contributed by atoms with E-state index in [-0.39, 0.29) is 11.9 Å². The highest BCUT2D eigenvalue weighted by Gasteiger charge is 2.30. The summed E-state index contributed by atoms with van der Waals surface area (Å²) in [6.07, 6.45) is 5.73. The molecule has 5 heteroatoms. The van der Waals surface area contributed by atoms with E-state index < -0.39 is 5.97 Å². The first-order valence-electron chi connectivity index (χ1n) is 7.96. The van der Waals surface area contributed by atoms with Crippen LogP contribution in [0.4, 0.5) is 4.79 Å². The Kier molecular flexibility index (Phi) is 6.49. The Balaban J connectivity index is 2.24. The molecule has 2 N–H and O–H groups in total. The predicted molar refractivity (Wildman–Crippen MR) is 83.2 cm³/mol. The monoisotopic (exact) mass is 298 g/mol. The molecule has 1 atom stereocenters. The Labute approximate surface area is 128 Å². The van der Waals surface area contributed by atoms with Crippen molar-refractivity contribution in [2.24, 2.45) is 11.3 Å². The van der Waals surface area contributed by atoms with Gasteiger partial charge in [-0.2, -0.15) is 0 Å². The number of hydrogen-bond donors (Lipinski definition) is 2. The second-order valence-electron chi connectivity index (χ2n) is 7.12. The molecule has 1 aliphatic rings. The van der Waals surface area contributed by atoms with Crippen molar-refractivity contribution >= 4 is 12.0 Å². The number of aliphatic carboxylic acids is 1. The van der Waals surface area contributed by atoms with E-state index in [0.717, 1.165) is 25.7 Å². The molecular weight excluding hydrogens is 268 g/mol. The lowest BCUT2D eigenvalue weighted by atomic mass is 9.75. The zero-order valence-electron chi connectivity index (χ0n) is 13.8. The Bertz CT molecular complexity index is 359. The summed E-state index contributed by atoms with van der Waals surface area (Å²) < 4.78 is 0. The van der Waals surface area contributed by atoms with Crippen LogP contribution in [0, 0.1) is 11.3 Å². The molecule has 1 saturated carbocycles. The van der Waals surface area contributed by atoms with Crippen LogP contribution in [0.1, 0.15) is 59.3 Å². The van der Waals surface area contributed by atoms with Crippen LogP contribution in [0.2, 0.25) is 0 Å². The fourth-order valence-corrected chi connectivity index (χ4v) is 2.79. The van der Waals surface area contributed by atoms with Gasteiger partial charge in [0.25, 0.3) is 0 Å². The lowest BCUT2D eigenvalue weighted by Crippen LogP contribution is -2.46. The molecule has 0 radical (unpaired) electrons. The Morgan fingerprint density at radius 3 is 2.43 bits per heavy atom. The van der Waals surface area contributed by atoms with E-state index in [4.69, 9.17) is 5.11 Å². The number of hydrogen-bond acceptors (Lipinski definition) is 2. The number of amides is 2. The lowest BCUT2D eigenvalue weighted by molar-refractivity contribution is -0.141. The molecule has 1 aliphatic carbocycles. The largest absolute Gasteiger partial charge is 0.481 e. The molecule has 0 aromatic heterocycles. The molecule has 2 amide bonds. The van der Waals surface area contributed by atoms with Gasteiger partial charge in [0.15, 0.2) is 0 Å². The van der Waals surface area contributed by atoms with Gasteiger partial charge in [0, 0.05) is 19.6 Å². The molecular formula is C16H30N2O3. The van der Waals surface area contributed by atoms with Gasteiger partial charge >= 0.3 is 12.0 Å². The van der Waals surface area contributed by atoms with Crippen molar-refractivity contribution < 1.29 is 14.7 Å². The smallest absolute Gasteiger partial charge is 0.317 e. The van der Waals surface area contributed by atoms with E-state index in [1.807, 2.05) is 11.9 Å². The minimum Gasteiger partial charge on any atom is -0.481 e. The van der Waals surface area contributed by atoms with Crippen LogP contribution < -0.4 is 5.32 Å². The SMILES string of the molecule is CC(CCCNC(=O)N(C)C1CCC(C)(C)CC1)C(=O)O. The topological polar surface area (TPSA) is 69.6 Å². The first-order chi connectivity index (χ1) is 9.73. The van der Waals surface area contributed by atoms with Crippen LogP contribution in [0.3, 0.4) is 0 Å². The van der Waals surface area contributed by atoms with Crippen molar-refractivity contribution in [1.29, 1.82) is 0 Å². The van der Waals surface area contributed by atoms with Gasteiger partial charge in [-0.1, -0.05) is 20.8 Å². The van der Waals surface area contributed by atoms with Gasteiger partial charge in [0.05, 0.1) is 5.92 Å². The third-order valence-electron chi connectivity index (χ3n) is 4.69. The maximum Gasteiger partial charge on any atom is 0.317 e. The number of nitrogens with one attached hydrogen (secondary N) is 1. The first kappa shape index (κ1) is 17.8. The van der Waals surface area contributed by atoms with Crippen molar-refractivity contribution in [1.82, 2.24) is 10.2 Å². The summed E-state index contributed by atoms with van der Waals surface area (Å²) in [6, 6.07) is 0.290. The number of carboxylic acids is 1. The number of rotatable bonds is 6. The van der Waals surface area contributed by atoms with Gasteiger partial charge in [0.2, 0.25) is 0 Å². The van der Waals surface area contributed by atoms with Crippen molar-refractivity contribution in [3.63, 3.8) is 0 Å². The molecule has 0 aliphatic heterocycles. The molecule has 0 heterocycles. The standard InChI is InChI=1S/C16H30N2O3/c1-12(14(19)20)6-5-11-17-15(21)18(4)13-7-9-16(2,3)10-8-13/h12-13H,5-11H2,1-4H3,(H,17,21)(H,19,20). The van der Waals surface area contributed by atoms with Crippen molar-refractivity contribution in [2.45, 2.75) is 65.3 Å². The molecule has 5 nitrogen and oxygen atoms in total. The van der Waals surface area contributed by atoms with Crippen LogP contribution in [-0.2, 0) is 4.79 Å². The van der Waals surface area contributed by atoms with Crippen LogP contribution in [-0.4, -0.2) is 41.6 Å². The highest BCUT2D eigenvalue weighted by molar-refractivity contribution is 5.74. The minimum absolute atomic E-state index is 0.0392. The molecule has 0 saturated heterocycles. The number of nitrogens with zero attached hydrogens (tertiary/aromatic N) is 1. The maximum atomic E-state index is 12.1. The normalized spacial score (nSPS) is 19.8. The fourth-order valence-electron chi connectivity index (χ4n) is 2.79. The zero-order chi connectivity index (χ0) is 16.0. The van der Waals surface area contributed by atoms with Gasteiger partial charge in [-0.3, -0.25) is 4.79 Å². The van der Waals surface area contributed by atoms with Crippen molar-refractivity contribution in [2.75, 3.05) is 13.6 Å². The van der Waals surface area contributed by atoms with Gasteiger partial charge in [0.1, 0.15) is 0 Å². The molecule has 1 rings (SSSR count). The predicted octanol–water partition coefficient (Wildman–Crippen LogP) is 3.10.